The van der Waals surface area contributed by atoms with E-state index in [0.717, 1.165) is 23.5 Å². The minimum atomic E-state index is -0.132. The average Bonchev–Trinajstić information content (AvgIpc) is 2.84. The van der Waals surface area contributed by atoms with Crippen molar-refractivity contribution < 1.29 is 9.84 Å². The lowest BCUT2D eigenvalue weighted by Crippen LogP contribution is -2.00. The fourth-order valence-corrected chi connectivity index (χ4v) is 2.83. The highest BCUT2D eigenvalue weighted by Crippen LogP contribution is 2.27. The summed E-state index contributed by atoms with van der Waals surface area (Å²) in [7, 11) is 0. The predicted molar refractivity (Wildman–Crippen MR) is 77.8 cm³/mol. The lowest BCUT2D eigenvalue weighted by atomic mass is 10.2. The molecule has 19 heavy (non-hydrogen) atoms. The maximum atomic E-state index is 9.29. The van der Waals surface area contributed by atoms with E-state index >= 15 is 0 Å². The largest absolute Gasteiger partial charge is 0.487 e. The maximum Gasteiger partial charge on any atom is 0.131 e. The molecule has 0 aliphatic rings. The molecule has 0 aliphatic carbocycles. The molecule has 1 heterocycles. The van der Waals surface area contributed by atoms with Gasteiger partial charge in [-0.3, -0.25) is 0 Å². The Balaban J connectivity index is 2.03. The summed E-state index contributed by atoms with van der Waals surface area (Å²) in [6.07, 6.45) is 2.10. The molecule has 0 saturated carbocycles. The molecule has 0 amide bonds. The molecule has 2 rings (SSSR count). The number of aryl methyl sites for hydroxylation is 1. The van der Waals surface area contributed by atoms with Crippen LogP contribution in [0, 0.1) is 0 Å². The summed E-state index contributed by atoms with van der Waals surface area (Å²) in [6.45, 7) is 2.40. The highest BCUT2D eigenvalue weighted by atomic mass is 35.5. The fourth-order valence-electron chi connectivity index (χ4n) is 1.72. The van der Waals surface area contributed by atoms with Gasteiger partial charge in [0.05, 0.1) is 17.3 Å². The summed E-state index contributed by atoms with van der Waals surface area (Å²) in [5.41, 5.74) is 1.53. The molecule has 1 aromatic carbocycles. The van der Waals surface area contributed by atoms with Crippen molar-refractivity contribution >= 4 is 22.9 Å². The van der Waals surface area contributed by atoms with E-state index in [1.807, 2.05) is 5.38 Å². The number of aliphatic hydroxyl groups excluding tert-OH is 1. The number of hydrogen-bond donors (Lipinski definition) is 1. The second-order valence-corrected chi connectivity index (χ2v) is 5.50. The summed E-state index contributed by atoms with van der Waals surface area (Å²) < 4.78 is 5.69. The van der Waals surface area contributed by atoms with Gasteiger partial charge in [0.1, 0.15) is 12.4 Å². The van der Waals surface area contributed by atoms with Crippen LogP contribution < -0.4 is 4.74 Å². The van der Waals surface area contributed by atoms with Crippen LogP contribution in [0.3, 0.4) is 0 Å². The number of benzene rings is 1. The number of aromatic nitrogens is 1. The number of halogens is 1. The van der Waals surface area contributed by atoms with Crippen molar-refractivity contribution in [3.05, 3.63) is 44.9 Å². The molecule has 1 aromatic heterocycles. The van der Waals surface area contributed by atoms with Crippen LogP contribution in [0.2, 0.25) is 5.02 Å². The van der Waals surface area contributed by atoms with E-state index in [2.05, 4.69) is 11.9 Å². The van der Waals surface area contributed by atoms with Gasteiger partial charge in [0.25, 0.3) is 0 Å². The molecule has 2 aromatic rings. The molecule has 0 bridgehead atoms. The lowest BCUT2D eigenvalue weighted by molar-refractivity contribution is 0.258. The second kappa shape index (κ2) is 6.89. The van der Waals surface area contributed by atoms with Gasteiger partial charge in [-0.25, -0.2) is 4.98 Å². The summed E-state index contributed by atoms with van der Waals surface area (Å²) in [4.78, 5) is 4.49. The molecule has 1 N–H and O–H groups in total. The zero-order chi connectivity index (χ0) is 13.7. The van der Waals surface area contributed by atoms with E-state index < -0.39 is 0 Å². The predicted octanol–water partition coefficient (Wildman–Crippen LogP) is 3.82. The van der Waals surface area contributed by atoms with E-state index in [0.29, 0.717) is 22.9 Å². The Hall–Kier alpha value is -1.10. The molecule has 0 atom stereocenters. The average molecular weight is 298 g/mol. The first-order valence-electron chi connectivity index (χ1n) is 6.19. The summed E-state index contributed by atoms with van der Waals surface area (Å²) in [6, 6.07) is 5.35. The van der Waals surface area contributed by atoms with Crippen molar-refractivity contribution in [2.75, 3.05) is 0 Å². The van der Waals surface area contributed by atoms with Gasteiger partial charge in [0.15, 0.2) is 0 Å². The zero-order valence-electron chi connectivity index (χ0n) is 10.7. The van der Waals surface area contributed by atoms with Gasteiger partial charge in [-0.15, -0.1) is 11.3 Å². The van der Waals surface area contributed by atoms with Gasteiger partial charge in [0, 0.05) is 16.0 Å². The quantitative estimate of drug-likeness (QED) is 0.881. The Bertz CT molecular complexity index is 542. The van der Waals surface area contributed by atoms with Crippen molar-refractivity contribution in [3.8, 4) is 5.75 Å². The number of nitrogens with zero attached hydrogens (tertiary/aromatic N) is 1. The first-order valence-corrected chi connectivity index (χ1v) is 7.44. The molecule has 5 heteroatoms. The maximum absolute atomic E-state index is 9.29. The van der Waals surface area contributed by atoms with E-state index in [4.69, 9.17) is 16.3 Å². The Labute approximate surface area is 121 Å². The Morgan fingerprint density at radius 1 is 1.42 bits per heavy atom. The van der Waals surface area contributed by atoms with E-state index in [1.165, 1.54) is 0 Å². The number of aliphatic hydroxyl groups is 1. The number of hydrogen-bond acceptors (Lipinski definition) is 4. The van der Waals surface area contributed by atoms with Crippen LogP contribution in [0.5, 0.6) is 5.75 Å². The lowest BCUT2D eigenvalue weighted by Gasteiger charge is -2.10. The van der Waals surface area contributed by atoms with Crippen LogP contribution in [-0.4, -0.2) is 10.1 Å². The van der Waals surface area contributed by atoms with Gasteiger partial charge < -0.3 is 9.84 Å². The van der Waals surface area contributed by atoms with Crippen molar-refractivity contribution in [2.45, 2.75) is 33.0 Å². The molecule has 102 valence electrons. The number of rotatable bonds is 6. The topological polar surface area (TPSA) is 42.4 Å². The first-order chi connectivity index (χ1) is 9.24. The van der Waals surface area contributed by atoms with E-state index in [-0.39, 0.29) is 6.61 Å². The summed E-state index contributed by atoms with van der Waals surface area (Å²) in [5, 5.41) is 13.0. The third kappa shape index (κ3) is 3.69. The molecular weight excluding hydrogens is 282 g/mol. The Morgan fingerprint density at radius 2 is 2.26 bits per heavy atom. The highest BCUT2D eigenvalue weighted by molar-refractivity contribution is 7.09. The number of ether oxygens (including phenoxy) is 1. The second-order valence-electron chi connectivity index (χ2n) is 4.15. The van der Waals surface area contributed by atoms with Crippen LogP contribution in [-0.2, 0) is 19.6 Å². The van der Waals surface area contributed by atoms with Crippen molar-refractivity contribution in [1.82, 2.24) is 4.98 Å². The van der Waals surface area contributed by atoms with Gasteiger partial charge in [-0.1, -0.05) is 24.6 Å². The SMILES string of the molecule is CCCc1nc(COc2cccc(Cl)c2CO)cs1. The molecular formula is C14H16ClNO2S. The first kappa shape index (κ1) is 14.3. The molecule has 0 saturated heterocycles. The minimum Gasteiger partial charge on any atom is -0.487 e. The third-order valence-electron chi connectivity index (χ3n) is 2.67. The number of thiazole rings is 1. The van der Waals surface area contributed by atoms with Gasteiger partial charge in [0.2, 0.25) is 0 Å². The normalized spacial score (nSPS) is 10.7. The molecule has 0 unspecified atom stereocenters. The Kier molecular flexibility index (Phi) is 5.19. The molecule has 0 radical (unpaired) electrons. The van der Waals surface area contributed by atoms with Crippen LogP contribution in [0.25, 0.3) is 0 Å². The van der Waals surface area contributed by atoms with Gasteiger partial charge >= 0.3 is 0 Å². The molecule has 3 nitrogen and oxygen atoms in total. The van der Waals surface area contributed by atoms with Crippen molar-refractivity contribution in [2.24, 2.45) is 0 Å². The molecule has 0 spiro atoms. The molecule has 0 aliphatic heterocycles. The van der Waals surface area contributed by atoms with E-state index in [9.17, 15) is 5.11 Å². The van der Waals surface area contributed by atoms with Crippen LogP contribution >= 0.6 is 22.9 Å². The third-order valence-corrected chi connectivity index (χ3v) is 3.98. The van der Waals surface area contributed by atoms with Crippen molar-refractivity contribution in [1.29, 1.82) is 0 Å². The fraction of sp³-hybridized carbons (Fsp3) is 0.357. The molecule has 0 fully saturated rings. The van der Waals surface area contributed by atoms with Crippen LogP contribution in [0.4, 0.5) is 0 Å². The summed E-state index contributed by atoms with van der Waals surface area (Å²) in [5.74, 6) is 0.611. The standard InChI is InChI=1S/C14H16ClNO2S/c1-2-4-14-16-10(9-19-14)8-18-13-6-3-5-12(15)11(13)7-17/h3,5-6,9,17H,2,4,7-8H2,1H3. The van der Waals surface area contributed by atoms with Crippen LogP contribution in [0.1, 0.15) is 29.6 Å². The van der Waals surface area contributed by atoms with Gasteiger partial charge in [-0.2, -0.15) is 0 Å². The smallest absolute Gasteiger partial charge is 0.131 e. The van der Waals surface area contributed by atoms with Crippen molar-refractivity contribution in [3.63, 3.8) is 0 Å². The van der Waals surface area contributed by atoms with Gasteiger partial charge in [-0.05, 0) is 25.0 Å². The zero-order valence-corrected chi connectivity index (χ0v) is 12.3. The van der Waals surface area contributed by atoms with Crippen LogP contribution in [0.15, 0.2) is 23.6 Å². The summed E-state index contributed by atoms with van der Waals surface area (Å²) >= 11 is 7.66. The Morgan fingerprint density at radius 3 is 3.00 bits per heavy atom. The minimum absolute atomic E-state index is 0.132. The monoisotopic (exact) mass is 297 g/mol. The van der Waals surface area contributed by atoms with E-state index in [1.54, 1.807) is 29.5 Å². The highest BCUT2D eigenvalue weighted by Gasteiger charge is 2.08.